The van der Waals surface area contributed by atoms with Gasteiger partial charge in [-0.1, -0.05) is 31.2 Å². The number of methoxy groups -OCH3 is 1. The second-order valence-corrected chi connectivity index (χ2v) is 7.98. The molecular formula is C23H27FN4O2S. The van der Waals surface area contributed by atoms with Crippen LogP contribution >= 0.6 is 11.5 Å². The molecule has 31 heavy (non-hydrogen) atoms. The van der Waals surface area contributed by atoms with E-state index in [-0.39, 0.29) is 24.1 Å². The third kappa shape index (κ3) is 6.24. The molecule has 164 valence electrons. The molecule has 0 bridgehead atoms. The van der Waals surface area contributed by atoms with Crippen molar-refractivity contribution in [3.63, 3.8) is 0 Å². The first-order chi connectivity index (χ1) is 15.0. The summed E-state index contributed by atoms with van der Waals surface area (Å²) in [4.78, 5) is 19.2. The average Bonchev–Trinajstić information content (AvgIpc) is 3.23. The normalized spacial score (nSPS) is 11.7. The Bertz CT molecular complexity index is 1010. The third-order valence-corrected chi connectivity index (χ3v) is 5.84. The van der Waals surface area contributed by atoms with Crippen molar-refractivity contribution in [2.45, 2.75) is 39.2 Å². The zero-order valence-electron chi connectivity index (χ0n) is 18.0. The number of para-hydroxylation sites is 1. The molecule has 0 aliphatic rings. The number of ether oxygens (including phenoxy) is 1. The zero-order chi connectivity index (χ0) is 22.2. The maximum atomic E-state index is 13.8. The maximum absolute atomic E-state index is 13.8. The van der Waals surface area contributed by atoms with Crippen molar-refractivity contribution in [1.29, 1.82) is 0 Å². The second kappa shape index (κ2) is 10.9. The van der Waals surface area contributed by atoms with E-state index in [1.807, 2.05) is 24.3 Å². The highest BCUT2D eigenvalue weighted by atomic mass is 32.1. The molecule has 0 fully saturated rings. The van der Waals surface area contributed by atoms with Gasteiger partial charge in [-0.05, 0) is 43.2 Å². The van der Waals surface area contributed by atoms with Crippen LogP contribution in [-0.4, -0.2) is 35.0 Å². The van der Waals surface area contributed by atoms with Crippen LogP contribution in [-0.2, 0) is 11.2 Å². The minimum absolute atomic E-state index is 0.193. The van der Waals surface area contributed by atoms with Gasteiger partial charge in [-0.3, -0.25) is 4.79 Å². The van der Waals surface area contributed by atoms with Crippen molar-refractivity contribution in [2.24, 2.45) is 0 Å². The molecule has 8 heteroatoms. The van der Waals surface area contributed by atoms with Gasteiger partial charge in [-0.2, -0.15) is 4.37 Å². The first-order valence-electron chi connectivity index (χ1n) is 10.3. The van der Waals surface area contributed by atoms with Crippen LogP contribution < -0.4 is 15.0 Å². The van der Waals surface area contributed by atoms with Gasteiger partial charge in [0, 0.05) is 37.0 Å². The van der Waals surface area contributed by atoms with E-state index in [1.54, 1.807) is 25.3 Å². The number of hydrogen-bond acceptors (Lipinski definition) is 6. The van der Waals surface area contributed by atoms with E-state index in [0.29, 0.717) is 13.0 Å². The van der Waals surface area contributed by atoms with Crippen LogP contribution in [0.2, 0.25) is 0 Å². The van der Waals surface area contributed by atoms with E-state index in [2.05, 4.69) is 28.4 Å². The lowest BCUT2D eigenvalue weighted by Crippen LogP contribution is -2.35. The molecule has 0 aliphatic carbocycles. The van der Waals surface area contributed by atoms with Crippen LogP contribution in [0, 0.1) is 5.82 Å². The van der Waals surface area contributed by atoms with Gasteiger partial charge in [-0.15, -0.1) is 0 Å². The number of rotatable bonds is 10. The Morgan fingerprint density at radius 3 is 2.81 bits per heavy atom. The fourth-order valence-corrected chi connectivity index (χ4v) is 3.94. The van der Waals surface area contributed by atoms with E-state index in [1.165, 1.54) is 17.6 Å². The Balaban J connectivity index is 1.65. The first-order valence-corrected chi connectivity index (χ1v) is 11.0. The summed E-state index contributed by atoms with van der Waals surface area (Å²) in [7, 11) is 1.64. The Hall–Kier alpha value is -3.00. The smallest absolute Gasteiger partial charge is 0.226 e. The van der Waals surface area contributed by atoms with Crippen molar-refractivity contribution in [3.8, 4) is 5.75 Å². The van der Waals surface area contributed by atoms with Gasteiger partial charge in [0.25, 0.3) is 0 Å². The molecule has 1 aromatic heterocycles. The van der Waals surface area contributed by atoms with Crippen molar-refractivity contribution in [1.82, 2.24) is 9.36 Å². The summed E-state index contributed by atoms with van der Waals surface area (Å²) in [6, 6.07) is 14.2. The number of amides is 1. The summed E-state index contributed by atoms with van der Waals surface area (Å²) in [5.74, 6) is 0.855. The zero-order valence-corrected chi connectivity index (χ0v) is 18.8. The van der Waals surface area contributed by atoms with Crippen LogP contribution in [0.25, 0.3) is 0 Å². The molecule has 0 aliphatic heterocycles. The molecule has 0 radical (unpaired) electrons. The molecule has 1 unspecified atom stereocenters. The molecule has 0 saturated carbocycles. The highest BCUT2D eigenvalue weighted by molar-refractivity contribution is 7.09. The predicted octanol–water partition coefficient (Wildman–Crippen LogP) is 4.91. The van der Waals surface area contributed by atoms with Crippen molar-refractivity contribution in [2.75, 3.05) is 23.9 Å². The fourth-order valence-electron chi connectivity index (χ4n) is 3.12. The molecule has 1 amide bonds. The Kier molecular flexibility index (Phi) is 7.94. The van der Waals surface area contributed by atoms with Crippen LogP contribution in [0.15, 0.2) is 48.5 Å². The quantitative estimate of drug-likeness (QED) is 0.483. The monoisotopic (exact) mass is 442 g/mol. The summed E-state index contributed by atoms with van der Waals surface area (Å²) in [6.07, 6.45) is 1.74. The molecule has 6 nitrogen and oxygen atoms in total. The Morgan fingerprint density at radius 2 is 2.06 bits per heavy atom. The van der Waals surface area contributed by atoms with Crippen LogP contribution in [0.4, 0.5) is 15.2 Å². The van der Waals surface area contributed by atoms with Gasteiger partial charge in [0.05, 0.1) is 12.8 Å². The lowest BCUT2D eigenvalue weighted by Gasteiger charge is -2.27. The van der Waals surface area contributed by atoms with Gasteiger partial charge in [0.15, 0.2) is 0 Å². The molecule has 3 aromatic rings. The summed E-state index contributed by atoms with van der Waals surface area (Å²) in [5, 5.41) is 3.42. The largest absolute Gasteiger partial charge is 0.497 e. The number of carbonyl (C=O) groups is 1. The number of carbonyl (C=O) groups excluding carboxylic acids is 1. The second-order valence-electron chi connectivity index (χ2n) is 7.25. The third-order valence-electron chi connectivity index (χ3n) is 5.05. The molecule has 1 atom stereocenters. The van der Waals surface area contributed by atoms with Crippen LogP contribution in [0.1, 0.15) is 38.1 Å². The summed E-state index contributed by atoms with van der Waals surface area (Å²) in [6.45, 7) is 4.66. The first kappa shape index (κ1) is 22.7. The molecular weight excluding hydrogens is 415 g/mol. The molecule has 2 aromatic carbocycles. The van der Waals surface area contributed by atoms with Crippen molar-refractivity contribution < 1.29 is 13.9 Å². The van der Waals surface area contributed by atoms with Gasteiger partial charge >= 0.3 is 0 Å². The number of nitrogens with zero attached hydrogens (tertiary/aromatic N) is 3. The van der Waals surface area contributed by atoms with Gasteiger partial charge < -0.3 is 15.0 Å². The van der Waals surface area contributed by atoms with Crippen LogP contribution in [0.5, 0.6) is 5.75 Å². The Morgan fingerprint density at radius 1 is 1.26 bits per heavy atom. The molecule has 1 heterocycles. The van der Waals surface area contributed by atoms with Gasteiger partial charge in [0.1, 0.15) is 17.4 Å². The highest BCUT2D eigenvalue weighted by Gasteiger charge is 2.19. The standard InChI is InChI=1S/C23H27FN4O2S/c1-4-16(2)28(13-12-22(29)25-20-11-6-5-10-19(20)24)23-26-21(27-31-23)15-17-8-7-9-18(14-17)30-3/h5-11,14,16H,4,12-13,15H2,1-3H3,(H,25,29). The molecule has 3 rings (SSSR count). The highest BCUT2D eigenvalue weighted by Crippen LogP contribution is 2.24. The minimum Gasteiger partial charge on any atom is -0.497 e. The van der Waals surface area contributed by atoms with Crippen LogP contribution in [0.3, 0.4) is 0 Å². The topological polar surface area (TPSA) is 67.4 Å². The Labute approximate surface area is 186 Å². The number of halogens is 1. The van der Waals surface area contributed by atoms with E-state index in [4.69, 9.17) is 9.72 Å². The number of aromatic nitrogens is 2. The van der Waals surface area contributed by atoms with Gasteiger partial charge in [0.2, 0.25) is 11.0 Å². The summed E-state index contributed by atoms with van der Waals surface area (Å²) < 4.78 is 23.6. The predicted molar refractivity (Wildman–Crippen MR) is 122 cm³/mol. The minimum atomic E-state index is -0.444. The van der Waals surface area contributed by atoms with Crippen molar-refractivity contribution >= 4 is 28.3 Å². The van der Waals surface area contributed by atoms with E-state index < -0.39 is 5.82 Å². The number of anilines is 2. The average molecular weight is 443 g/mol. The SMILES string of the molecule is CCC(C)N(CCC(=O)Nc1ccccc1F)c1nc(Cc2cccc(OC)c2)ns1. The molecule has 0 saturated heterocycles. The summed E-state index contributed by atoms with van der Waals surface area (Å²) >= 11 is 1.33. The van der Waals surface area contributed by atoms with E-state index in [9.17, 15) is 9.18 Å². The lowest BCUT2D eigenvalue weighted by atomic mass is 10.1. The molecule has 1 N–H and O–H groups in total. The maximum Gasteiger partial charge on any atom is 0.226 e. The molecule has 0 spiro atoms. The number of hydrogen-bond donors (Lipinski definition) is 1. The lowest BCUT2D eigenvalue weighted by molar-refractivity contribution is -0.116. The number of benzene rings is 2. The number of nitrogens with one attached hydrogen (secondary N) is 1. The van der Waals surface area contributed by atoms with Gasteiger partial charge in [-0.25, -0.2) is 9.37 Å². The summed E-state index contributed by atoms with van der Waals surface area (Å²) in [5.41, 5.74) is 1.27. The fraction of sp³-hybridized carbons (Fsp3) is 0.348. The van der Waals surface area contributed by atoms with Crippen molar-refractivity contribution in [3.05, 3.63) is 65.7 Å². The van der Waals surface area contributed by atoms with E-state index in [0.717, 1.165) is 28.7 Å². The van der Waals surface area contributed by atoms with E-state index >= 15 is 0 Å².